The number of fused-ring (bicyclic) bond motifs is 5. The molecule has 8 heteroatoms. The number of aryl methyl sites for hydroxylation is 1. The predicted molar refractivity (Wildman–Crippen MR) is 200 cm³/mol. The number of allylic oxidation sites excluding steroid dienone is 2. The van der Waals surface area contributed by atoms with Gasteiger partial charge in [0.05, 0.1) is 7.11 Å². The third kappa shape index (κ3) is 6.99. The van der Waals surface area contributed by atoms with Crippen molar-refractivity contribution in [3.05, 3.63) is 117 Å². The van der Waals surface area contributed by atoms with E-state index in [0.717, 1.165) is 57.2 Å². The fourth-order valence-electron chi connectivity index (χ4n) is 6.69. The smallest absolute Gasteiger partial charge is 0.504 e. The van der Waals surface area contributed by atoms with Gasteiger partial charge in [-0.1, -0.05) is 30.0 Å². The van der Waals surface area contributed by atoms with Crippen LogP contribution in [0.15, 0.2) is 89.7 Å². The summed E-state index contributed by atoms with van der Waals surface area (Å²) < 4.78 is 36.0. The summed E-state index contributed by atoms with van der Waals surface area (Å²) in [4.78, 5) is 12.5. The maximum Gasteiger partial charge on any atom is 0.514 e. The zero-order valence-electron chi connectivity index (χ0n) is 30.9. The lowest BCUT2D eigenvalue weighted by Crippen LogP contribution is -2.32. The van der Waals surface area contributed by atoms with E-state index < -0.39 is 17.4 Å². The average Bonchev–Trinajstić information content (AvgIpc) is 3.21. The van der Waals surface area contributed by atoms with Crippen molar-refractivity contribution < 1.29 is 38.3 Å². The molecule has 0 aromatic heterocycles. The van der Waals surface area contributed by atoms with Crippen LogP contribution in [0, 0.1) is 6.92 Å². The average molecular weight is 701 g/mol. The minimum Gasteiger partial charge on any atom is -0.504 e. The highest BCUT2D eigenvalue weighted by atomic mass is 16.7. The molecule has 0 amide bonds. The minimum absolute atomic E-state index is 0.0892. The van der Waals surface area contributed by atoms with Gasteiger partial charge < -0.3 is 33.5 Å². The van der Waals surface area contributed by atoms with Crippen LogP contribution in [0.2, 0.25) is 0 Å². The Balaban J connectivity index is 1.41. The number of hydrogen-bond acceptors (Lipinski definition) is 8. The van der Waals surface area contributed by atoms with Gasteiger partial charge in [0.15, 0.2) is 17.3 Å². The molecule has 4 aromatic rings. The van der Waals surface area contributed by atoms with Gasteiger partial charge in [0.2, 0.25) is 0 Å². The molecule has 7 rings (SSSR count). The number of phenolic OH excluding ortho intramolecular Hbond substituents is 1. The van der Waals surface area contributed by atoms with E-state index in [-0.39, 0.29) is 11.7 Å². The first-order chi connectivity index (χ1) is 24.7. The van der Waals surface area contributed by atoms with E-state index in [1.165, 1.54) is 5.57 Å². The first-order valence-electron chi connectivity index (χ1n) is 17.6. The molecule has 1 atom stereocenters. The van der Waals surface area contributed by atoms with Crippen LogP contribution in [0.25, 0.3) is 22.4 Å². The summed E-state index contributed by atoms with van der Waals surface area (Å²) in [5.41, 5.74) is 6.89. The van der Waals surface area contributed by atoms with Gasteiger partial charge in [-0.2, -0.15) is 0 Å². The van der Waals surface area contributed by atoms with Gasteiger partial charge in [-0.15, -0.1) is 0 Å². The van der Waals surface area contributed by atoms with Crippen molar-refractivity contribution in [3.63, 3.8) is 0 Å². The monoisotopic (exact) mass is 700 g/mol. The number of carbonyl (C=O) groups excluding carboxylic acids is 1. The Morgan fingerprint density at radius 2 is 1.62 bits per heavy atom. The van der Waals surface area contributed by atoms with E-state index in [0.29, 0.717) is 40.3 Å². The first-order valence-corrected chi connectivity index (χ1v) is 17.6. The van der Waals surface area contributed by atoms with Gasteiger partial charge in [-0.25, -0.2) is 4.79 Å². The highest BCUT2D eigenvalue weighted by Crippen LogP contribution is 2.50. The van der Waals surface area contributed by atoms with E-state index in [2.05, 4.69) is 11.8 Å². The van der Waals surface area contributed by atoms with Crippen molar-refractivity contribution in [2.24, 2.45) is 0 Å². The van der Waals surface area contributed by atoms with Crippen LogP contribution in [0.1, 0.15) is 83.4 Å². The number of carbonyl (C=O) groups is 1. The van der Waals surface area contributed by atoms with Gasteiger partial charge in [0.25, 0.3) is 5.95 Å². The molecule has 1 unspecified atom stereocenters. The molecule has 0 radical (unpaired) electrons. The molecule has 1 saturated carbocycles. The fraction of sp³-hybridized carbons (Fsp3) is 0.318. The maximum absolute atomic E-state index is 12.5. The standard InChI is InChI=1S/C44H44O8/c1-25-21-29(24-36(47-8)40(25)45)37-38-32-18-16-30(48-41(26-11-9-12-26)51-43(2,3)4)22-27(32)13-10-14-34(38)50-35-20-15-28-23-31(17-19-33(28)39(35)37)49-42(46)52-44(5,6)7/h10,13,15-24,37,45H,9,11-12H2,1-8H3. The van der Waals surface area contributed by atoms with E-state index in [1.807, 2.05) is 88.4 Å². The molecule has 52 heavy (non-hydrogen) atoms. The van der Waals surface area contributed by atoms with Crippen LogP contribution < -0.4 is 29.4 Å². The summed E-state index contributed by atoms with van der Waals surface area (Å²) in [5.74, 6) is 2.96. The predicted octanol–water partition coefficient (Wildman–Crippen LogP) is 8.97. The summed E-state index contributed by atoms with van der Waals surface area (Å²) in [6, 6.07) is 19.3. The quantitative estimate of drug-likeness (QED) is 0.0923. The maximum atomic E-state index is 12.5. The number of aromatic hydroxyl groups is 1. The summed E-state index contributed by atoms with van der Waals surface area (Å²) in [5, 5.41) is 14.5. The lowest BCUT2D eigenvalue weighted by Gasteiger charge is -2.32. The molecule has 1 N–H and O–H groups in total. The molecule has 0 saturated heterocycles. The normalized spacial score (nSPS) is 16.2. The highest BCUT2D eigenvalue weighted by molar-refractivity contribution is 5.94. The Bertz CT molecular complexity index is 2340. The molecule has 2 aliphatic carbocycles. The van der Waals surface area contributed by atoms with E-state index in [4.69, 9.17) is 28.4 Å². The Morgan fingerprint density at radius 3 is 2.31 bits per heavy atom. The second-order valence-corrected chi connectivity index (χ2v) is 15.4. The van der Waals surface area contributed by atoms with Gasteiger partial charge in [0.1, 0.15) is 28.5 Å². The van der Waals surface area contributed by atoms with Crippen LogP contribution in [-0.2, 0) is 9.47 Å². The molecule has 4 aromatic carbocycles. The number of hydrogen-bond donors (Lipinski definition) is 1. The number of methoxy groups -OCH3 is 1. The van der Waals surface area contributed by atoms with Crippen molar-refractivity contribution in [1.82, 2.24) is 0 Å². The Kier molecular flexibility index (Phi) is 8.84. The van der Waals surface area contributed by atoms with E-state index >= 15 is 0 Å². The Labute approximate surface area is 303 Å². The van der Waals surface area contributed by atoms with E-state index in [9.17, 15) is 9.90 Å². The highest BCUT2D eigenvalue weighted by Gasteiger charge is 2.35. The second-order valence-electron chi connectivity index (χ2n) is 15.4. The summed E-state index contributed by atoms with van der Waals surface area (Å²) in [6.45, 7) is 13.3. The lowest BCUT2D eigenvalue weighted by molar-refractivity contribution is -0.0112. The number of ether oxygens (including phenoxy) is 6. The molecule has 3 aliphatic rings. The Morgan fingerprint density at radius 1 is 0.885 bits per heavy atom. The van der Waals surface area contributed by atoms with Crippen LogP contribution in [0.4, 0.5) is 4.79 Å². The van der Waals surface area contributed by atoms with Crippen molar-refractivity contribution in [2.75, 3.05) is 7.11 Å². The van der Waals surface area contributed by atoms with E-state index in [1.54, 1.807) is 33.9 Å². The van der Waals surface area contributed by atoms with Gasteiger partial charge in [0, 0.05) is 22.6 Å². The van der Waals surface area contributed by atoms with Gasteiger partial charge in [-0.3, -0.25) is 0 Å². The third-order valence-electron chi connectivity index (χ3n) is 9.10. The minimum atomic E-state index is -0.773. The number of rotatable bonds is 6. The largest absolute Gasteiger partial charge is 0.514 e. The summed E-state index contributed by atoms with van der Waals surface area (Å²) >= 11 is 0. The first kappa shape index (κ1) is 34.8. The third-order valence-corrected chi connectivity index (χ3v) is 9.10. The van der Waals surface area contributed by atoms with Crippen LogP contribution >= 0.6 is 0 Å². The van der Waals surface area contributed by atoms with Crippen molar-refractivity contribution in [1.29, 1.82) is 0 Å². The summed E-state index contributed by atoms with van der Waals surface area (Å²) in [7, 11) is 1.55. The van der Waals surface area contributed by atoms with Crippen molar-refractivity contribution in [2.45, 2.75) is 84.8 Å². The molecule has 8 nitrogen and oxygen atoms in total. The SMILES string of the molecule is COc1cc(C2C3=c4ccc(OC(OC(C)(C)C)=C5CCC5)cc4=CC=C=C3Oc3ccc4cc(OC(=O)OC(C)(C)C)ccc4c32)cc(C)c1O. The van der Waals surface area contributed by atoms with Crippen molar-refractivity contribution in [3.8, 4) is 28.7 Å². The lowest BCUT2D eigenvalue weighted by atomic mass is 9.78. The zero-order valence-corrected chi connectivity index (χ0v) is 30.9. The molecular formula is C44H44O8. The number of benzene rings is 4. The second kappa shape index (κ2) is 13.2. The fourth-order valence-corrected chi connectivity index (χ4v) is 6.69. The molecule has 268 valence electrons. The van der Waals surface area contributed by atoms with Crippen molar-refractivity contribution >= 4 is 28.6 Å². The van der Waals surface area contributed by atoms with Gasteiger partial charge >= 0.3 is 6.16 Å². The van der Waals surface area contributed by atoms with Crippen LogP contribution in [0.3, 0.4) is 0 Å². The Hall–Kier alpha value is -5.59. The van der Waals surface area contributed by atoms with Gasteiger partial charge in [-0.05, 0) is 149 Å². The molecule has 1 aliphatic heterocycles. The molecule has 1 heterocycles. The van der Waals surface area contributed by atoms with Crippen LogP contribution in [-0.4, -0.2) is 29.6 Å². The molecular weight excluding hydrogens is 656 g/mol. The zero-order chi connectivity index (χ0) is 36.9. The molecule has 1 fully saturated rings. The summed E-state index contributed by atoms with van der Waals surface area (Å²) in [6.07, 6.45) is 6.16. The molecule has 0 spiro atoms. The topological polar surface area (TPSA) is 92.7 Å². The number of phenols is 1. The molecule has 0 bridgehead atoms. The van der Waals surface area contributed by atoms with Crippen LogP contribution in [0.5, 0.6) is 28.7 Å².